The van der Waals surface area contributed by atoms with Gasteiger partial charge in [-0.15, -0.1) is 0 Å². The van der Waals surface area contributed by atoms with Crippen molar-refractivity contribution in [3.05, 3.63) is 40.6 Å². The van der Waals surface area contributed by atoms with Gasteiger partial charge in [-0.05, 0) is 24.3 Å². The van der Waals surface area contributed by atoms with Crippen molar-refractivity contribution < 1.29 is 17.9 Å². The molecule has 1 aromatic rings. The monoisotopic (exact) mass is 229 g/mol. The fourth-order valence-electron chi connectivity index (χ4n) is 1.34. The summed E-state index contributed by atoms with van der Waals surface area (Å²) in [5.41, 5.74) is -0.205. The normalized spacial score (nSPS) is 17.6. The first-order valence-corrected chi connectivity index (χ1v) is 4.94. The molecule has 16 heavy (non-hydrogen) atoms. The summed E-state index contributed by atoms with van der Waals surface area (Å²) < 4.78 is 37.5. The first-order valence-electron chi connectivity index (χ1n) is 4.94. The van der Waals surface area contributed by atoms with Crippen LogP contribution < -0.4 is 0 Å². The maximum Gasteiger partial charge on any atom is 0.416 e. The SMILES string of the molecule is [O-]/[N+](=C\c1ccc(C(F)(F)F)cc1)C1CC1. The van der Waals surface area contributed by atoms with E-state index in [1.807, 2.05) is 0 Å². The minimum atomic E-state index is -4.33. The highest BCUT2D eigenvalue weighted by atomic mass is 19.4. The van der Waals surface area contributed by atoms with Crippen molar-refractivity contribution in [2.45, 2.75) is 25.1 Å². The molecule has 0 heterocycles. The third kappa shape index (κ3) is 2.53. The van der Waals surface area contributed by atoms with Gasteiger partial charge in [-0.3, -0.25) is 0 Å². The van der Waals surface area contributed by atoms with Gasteiger partial charge in [0, 0.05) is 18.4 Å². The Kier molecular flexibility index (Phi) is 2.61. The zero-order valence-electron chi connectivity index (χ0n) is 8.37. The molecule has 2 rings (SSSR count). The van der Waals surface area contributed by atoms with Crippen molar-refractivity contribution in [2.24, 2.45) is 0 Å². The molecule has 0 bridgehead atoms. The Balaban J connectivity index is 2.16. The van der Waals surface area contributed by atoms with Crippen LogP contribution in [0.1, 0.15) is 24.0 Å². The van der Waals surface area contributed by atoms with Crippen LogP contribution in [-0.2, 0) is 6.18 Å². The van der Waals surface area contributed by atoms with E-state index in [-0.39, 0.29) is 6.04 Å². The zero-order chi connectivity index (χ0) is 11.8. The van der Waals surface area contributed by atoms with Crippen LogP contribution in [0.3, 0.4) is 0 Å². The van der Waals surface area contributed by atoms with Crippen LogP contribution in [0.4, 0.5) is 13.2 Å². The molecule has 5 heteroatoms. The van der Waals surface area contributed by atoms with Crippen molar-refractivity contribution in [1.82, 2.24) is 0 Å². The van der Waals surface area contributed by atoms with Gasteiger partial charge in [0.1, 0.15) is 0 Å². The molecule has 1 aliphatic carbocycles. The third-order valence-electron chi connectivity index (χ3n) is 2.42. The first-order chi connectivity index (χ1) is 7.47. The molecule has 0 atom stereocenters. The quantitative estimate of drug-likeness (QED) is 0.331. The Morgan fingerprint density at radius 2 is 1.75 bits per heavy atom. The van der Waals surface area contributed by atoms with E-state index in [0.29, 0.717) is 5.56 Å². The van der Waals surface area contributed by atoms with Gasteiger partial charge in [-0.1, -0.05) is 0 Å². The van der Waals surface area contributed by atoms with Crippen LogP contribution in [0.2, 0.25) is 0 Å². The summed E-state index contributed by atoms with van der Waals surface area (Å²) in [6.07, 6.45) is -1.27. The van der Waals surface area contributed by atoms with Crippen molar-refractivity contribution >= 4 is 6.21 Å². The number of hydroxylamine groups is 1. The van der Waals surface area contributed by atoms with E-state index in [0.717, 1.165) is 29.7 Å². The van der Waals surface area contributed by atoms with Crippen LogP contribution in [0.5, 0.6) is 0 Å². The highest BCUT2D eigenvalue weighted by Crippen LogP contribution is 2.29. The number of hydrogen-bond acceptors (Lipinski definition) is 1. The molecular formula is C11H10F3NO. The molecule has 0 aromatic heterocycles. The lowest BCUT2D eigenvalue weighted by Crippen LogP contribution is -2.08. The summed E-state index contributed by atoms with van der Waals surface area (Å²) in [6.45, 7) is 0. The largest absolute Gasteiger partial charge is 0.624 e. The minimum absolute atomic E-state index is 0.0160. The summed E-state index contributed by atoms with van der Waals surface area (Å²) in [7, 11) is 0. The van der Waals surface area contributed by atoms with Crippen LogP contribution in [0.15, 0.2) is 24.3 Å². The van der Waals surface area contributed by atoms with E-state index in [2.05, 4.69) is 0 Å². The summed E-state index contributed by atoms with van der Waals surface area (Å²) in [6, 6.07) is 4.58. The van der Waals surface area contributed by atoms with Crippen LogP contribution in [-0.4, -0.2) is 17.0 Å². The number of alkyl halides is 3. The van der Waals surface area contributed by atoms with Gasteiger partial charge in [-0.2, -0.15) is 13.2 Å². The number of benzene rings is 1. The molecule has 0 radical (unpaired) electrons. The lowest BCUT2D eigenvalue weighted by atomic mass is 10.1. The Labute approximate surface area is 90.6 Å². The topological polar surface area (TPSA) is 26.1 Å². The van der Waals surface area contributed by atoms with Gasteiger partial charge in [0.05, 0.1) is 5.56 Å². The van der Waals surface area contributed by atoms with Crippen LogP contribution in [0.25, 0.3) is 0 Å². The highest BCUT2D eigenvalue weighted by molar-refractivity contribution is 5.75. The molecule has 86 valence electrons. The van der Waals surface area contributed by atoms with Gasteiger partial charge < -0.3 is 5.21 Å². The summed E-state index contributed by atoms with van der Waals surface area (Å²) in [5.74, 6) is 0. The van der Waals surface area contributed by atoms with Crippen molar-refractivity contribution in [2.75, 3.05) is 0 Å². The van der Waals surface area contributed by atoms with Gasteiger partial charge in [0.2, 0.25) is 0 Å². The van der Waals surface area contributed by atoms with Gasteiger partial charge in [0.15, 0.2) is 12.3 Å². The number of rotatable bonds is 2. The number of hydrogen-bond donors (Lipinski definition) is 0. The van der Waals surface area contributed by atoms with Crippen LogP contribution >= 0.6 is 0 Å². The predicted molar refractivity (Wildman–Crippen MR) is 53.3 cm³/mol. The lowest BCUT2D eigenvalue weighted by molar-refractivity contribution is -0.467. The molecule has 0 amide bonds. The number of nitrogens with zero attached hydrogens (tertiary/aromatic N) is 1. The second-order valence-corrected chi connectivity index (χ2v) is 3.84. The Morgan fingerprint density at radius 3 is 2.19 bits per heavy atom. The molecule has 2 nitrogen and oxygen atoms in total. The molecule has 0 N–H and O–H groups in total. The highest BCUT2D eigenvalue weighted by Gasteiger charge is 2.31. The fourth-order valence-corrected chi connectivity index (χ4v) is 1.34. The van der Waals surface area contributed by atoms with Crippen molar-refractivity contribution in [3.8, 4) is 0 Å². The standard InChI is InChI=1S/C11H10F3NO/c12-11(13,14)9-3-1-8(2-4-9)7-15(16)10-5-6-10/h1-4,7,10H,5-6H2/b15-7-. The Hall–Kier alpha value is -1.52. The Bertz CT molecular complexity index is 404. The average molecular weight is 229 g/mol. The van der Waals surface area contributed by atoms with E-state index in [1.54, 1.807) is 0 Å². The minimum Gasteiger partial charge on any atom is -0.624 e. The maximum absolute atomic E-state index is 12.2. The van der Waals surface area contributed by atoms with Gasteiger partial charge >= 0.3 is 6.18 Å². The van der Waals surface area contributed by atoms with Gasteiger partial charge in [0.25, 0.3) is 0 Å². The first kappa shape index (κ1) is 11.0. The lowest BCUT2D eigenvalue weighted by Gasteiger charge is -2.06. The summed E-state index contributed by atoms with van der Waals surface area (Å²) in [4.78, 5) is 0. The zero-order valence-corrected chi connectivity index (χ0v) is 8.37. The molecule has 1 aromatic carbocycles. The van der Waals surface area contributed by atoms with E-state index in [9.17, 15) is 18.4 Å². The molecule has 0 unspecified atom stereocenters. The predicted octanol–water partition coefficient (Wildman–Crippen LogP) is 2.80. The van der Waals surface area contributed by atoms with E-state index < -0.39 is 11.7 Å². The molecular weight excluding hydrogens is 219 g/mol. The van der Waals surface area contributed by atoms with Crippen molar-refractivity contribution in [1.29, 1.82) is 0 Å². The molecule has 1 fully saturated rings. The van der Waals surface area contributed by atoms with E-state index >= 15 is 0 Å². The second-order valence-electron chi connectivity index (χ2n) is 3.84. The average Bonchev–Trinajstić information content (AvgIpc) is 3.00. The number of halogens is 3. The summed E-state index contributed by atoms with van der Waals surface area (Å²) >= 11 is 0. The smallest absolute Gasteiger partial charge is 0.416 e. The van der Waals surface area contributed by atoms with E-state index in [1.165, 1.54) is 18.3 Å². The summed E-state index contributed by atoms with van der Waals surface area (Å²) in [5, 5.41) is 11.3. The molecule has 0 saturated heterocycles. The van der Waals surface area contributed by atoms with Crippen molar-refractivity contribution in [3.63, 3.8) is 0 Å². The second kappa shape index (κ2) is 3.81. The fraction of sp³-hybridized carbons (Fsp3) is 0.364. The third-order valence-corrected chi connectivity index (χ3v) is 2.42. The van der Waals surface area contributed by atoms with Gasteiger partial charge in [-0.25, -0.2) is 4.74 Å². The molecule has 0 aliphatic heterocycles. The molecule has 0 spiro atoms. The van der Waals surface area contributed by atoms with E-state index in [4.69, 9.17) is 0 Å². The molecule has 1 aliphatic rings. The molecule has 1 saturated carbocycles. The maximum atomic E-state index is 12.2. The Morgan fingerprint density at radius 1 is 1.19 bits per heavy atom. The van der Waals surface area contributed by atoms with Crippen LogP contribution in [0, 0.1) is 5.21 Å².